The smallest absolute Gasteiger partial charge is 0.394 e. The Morgan fingerprint density at radius 1 is 0.645 bits per heavy atom. The van der Waals surface area contributed by atoms with Crippen LogP contribution < -0.4 is 0 Å². The van der Waals surface area contributed by atoms with Crippen molar-refractivity contribution >= 4 is 43.5 Å². The van der Waals surface area contributed by atoms with Crippen molar-refractivity contribution in [2.24, 2.45) is 10.8 Å². The Balaban J connectivity index is 0.000000287. The third-order valence-corrected chi connectivity index (χ3v) is 10.3. The van der Waals surface area contributed by atoms with Gasteiger partial charge in [-0.15, -0.1) is 53.6 Å². The average molecular weight is 1020 g/mol. The van der Waals surface area contributed by atoms with Crippen molar-refractivity contribution in [3.05, 3.63) is 168 Å². The van der Waals surface area contributed by atoms with Gasteiger partial charge in [0.25, 0.3) is 0 Å². The Kier molecular flexibility index (Phi) is 8.48. The van der Waals surface area contributed by atoms with Crippen LogP contribution >= 0.6 is 0 Å². The van der Waals surface area contributed by atoms with Crippen LogP contribution in [0.2, 0.25) is 0 Å². The third kappa shape index (κ3) is 9.26. The van der Waals surface area contributed by atoms with E-state index in [2.05, 4.69) is 22.1 Å². The summed E-state index contributed by atoms with van der Waals surface area (Å²) in [6.07, 6.45) is -6.84. The van der Waals surface area contributed by atoms with Gasteiger partial charge in [-0.05, 0) is 110 Å². The van der Waals surface area contributed by atoms with Crippen molar-refractivity contribution in [3.63, 3.8) is 0 Å². The fourth-order valence-electron chi connectivity index (χ4n) is 7.18. The van der Waals surface area contributed by atoms with Gasteiger partial charge in [0.05, 0.1) is 11.0 Å². The molecule has 0 atom stereocenters. The molecule has 0 aliphatic rings. The number of nitrogens with zero attached hydrogens (tertiary/aromatic N) is 2. The zero-order valence-electron chi connectivity index (χ0n) is 47.4. The second-order valence-electron chi connectivity index (χ2n) is 16.5. The van der Waals surface area contributed by atoms with E-state index in [0.29, 0.717) is 47.4 Å². The number of hydrogen-bond acceptors (Lipinski definition) is 3. The average Bonchev–Trinajstić information content (AvgIpc) is 3.69. The van der Waals surface area contributed by atoms with E-state index in [9.17, 15) is 13.2 Å². The van der Waals surface area contributed by atoms with Gasteiger partial charge in [-0.25, -0.2) is 0 Å². The first-order valence-electron chi connectivity index (χ1n) is 26.0. The van der Waals surface area contributed by atoms with E-state index < -0.39 is 61.4 Å². The predicted octanol–water partition coefficient (Wildman–Crippen LogP) is 15.6. The second-order valence-corrected chi connectivity index (χ2v) is 16.5. The number of benzene rings is 6. The molecule has 0 saturated carbocycles. The van der Waals surface area contributed by atoms with Crippen molar-refractivity contribution in [1.29, 1.82) is 0 Å². The van der Waals surface area contributed by atoms with Gasteiger partial charge in [0.2, 0.25) is 0 Å². The number of pyridine rings is 2. The molecule has 7 heteroatoms. The molecular weight excluding hydrogens is 954 g/mol. The number of halogens is 3. The van der Waals surface area contributed by atoms with Crippen LogP contribution in [0.25, 0.3) is 77.1 Å². The van der Waals surface area contributed by atoms with Gasteiger partial charge in [-0.3, -0.25) is 0 Å². The molecule has 0 bridgehead atoms. The van der Waals surface area contributed by atoms with Crippen LogP contribution in [0.4, 0.5) is 13.2 Å². The molecule has 0 unspecified atom stereocenters. The van der Waals surface area contributed by atoms with E-state index in [-0.39, 0.29) is 48.1 Å². The number of rotatable bonds is 6. The minimum absolute atomic E-state index is 0. The van der Waals surface area contributed by atoms with E-state index in [1.54, 1.807) is 30.3 Å². The molecular formula is C55H49F3IrN2O-2. The van der Waals surface area contributed by atoms with Crippen molar-refractivity contribution < 1.29 is 55.5 Å². The molecule has 9 aromatic rings. The van der Waals surface area contributed by atoms with Crippen molar-refractivity contribution in [3.8, 4) is 33.6 Å². The molecule has 0 saturated heterocycles. The summed E-state index contributed by atoms with van der Waals surface area (Å²) in [6, 6.07) is 38.3. The van der Waals surface area contributed by atoms with E-state index in [1.807, 2.05) is 75.4 Å². The van der Waals surface area contributed by atoms with Gasteiger partial charge in [0, 0.05) is 55.7 Å². The fraction of sp³-hybridized carbons (Fsp3) is 0.236. The summed E-state index contributed by atoms with van der Waals surface area (Å²) in [7, 11) is 0. The van der Waals surface area contributed by atoms with Gasteiger partial charge < -0.3 is 14.4 Å². The maximum Gasteiger partial charge on any atom is 0.394 e. The number of aryl methyl sites for hydroxylation is 3. The minimum atomic E-state index is -4.96. The van der Waals surface area contributed by atoms with Crippen LogP contribution in [0, 0.1) is 43.5 Å². The van der Waals surface area contributed by atoms with Gasteiger partial charge in [-0.2, -0.15) is 13.2 Å². The topological polar surface area (TPSA) is 38.9 Å². The van der Waals surface area contributed by atoms with Gasteiger partial charge in [-0.1, -0.05) is 125 Å². The number of aromatic nitrogens is 2. The summed E-state index contributed by atoms with van der Waals surface area (Å²) in [5, 5.41) is 5.71. The summed E-state index contributed by atoms with van der Waals surface area (Å²) in [6.45, 7) is -0.913. The molecule has 62 heavy (non-hydrogen) atoms. The Morgan fingerprint density at radius 3 is 2.13 bits per heavy atom. The first-order chi connectivity index (χ1) is 34.1. The molecule has 0 aliphatic carbocycles. The number of hydrogen-bond donors (Lipinski definition) is 0. The fourth-order valence-corrected chi connectivity index (χ4v) is 7.18. The summed E-state index contributed by atoms with van der Waals surface area (Å²) < 4.78 is 153. The zero-order chi connectivity index (χ0) is 54.4. The van der Waals surface area contributed by atoms with E-state index in [4.69, 9.17) is 22.2 Å². The Bertz CT molecular complexity index is 3580. The molecule has 9 rings (SSSR count). The maximum absolute atomic E-state index is 14.0. The van der Waals surface area contributed by atoms with E-state index in [1.165, 1.54) is 18.3 Å². The van der Waals surface area contributed by atoms with Gasteiger partial charge in [0.15, 0.2) is 0 Å². The second kappa shape index (κ2) is 17.3. The van der Waals surface area contributed by atoms with Crippen molar-refractivity contribution in [1.82, 2.24) is 9.97 Å². The molecule has 3 heterocycles. The molecule has 1 radical (unpaired) electrons. The summed E-state index contributed by atoms with van der Waals surface area (Å²) in [4.78, 5) is 8.76. The molecule has 3 nitrogen and oxygen atoms in total. The monoisotopic (exact) mass is 1020 g/mol. The van der Waals surface area contributed by atoms with Crippen LogP contribution in [-0.2, 0) is 32.9 Å². The molecule has 0 fully saturated rings. The number of alkyl halides is 3. The number of fused-ring (bicyclic) bond motifs is 6. The molecule has 6 aromatic carbocycles. The van der Waals surface area contributed by atoms with E-state index in [0.717, 1.165) is 56.7 Å². The minimum Gasteiger partial charge on any atom is -0.501 e. The Morgan fingerprint density at radius 2 is 1.42 bits per heavy atom. The quantitative estimate of drug-likeness (QED) is 0.123. The molecule has 0 aliphatic heterocycles. The molecule has 0 amide bonds. The van der Waals surface area contributed by atoms with Crippen LogP contribution in [0.15, 0.2) is 132 Å². The summed E-state index contributed by atoms with van der Waals surface area (Å²) >= 11 is 0. The molecule has 0 N–H and O–H groups in total. The molecule has 317 valence electrons. The normalized spacial score (nSPS) is 16.3. The van der Waals surface area contributed by atoms with Gasteiger partial charge >= 0.3 is 6.18 Å². The predicted molar refractivity (Wildman–Crippen MR) is 246 cm³/mol. The van der Waals surface area contributed by atoms with Crippen molar-refractivity contribution in [2.75, 3.05) is 0 Å². The van der Waals surface area contributed by atoms with E-state index >= 15 is 0 Å². The third-order valence-electron chi connectivity index (χ3n) is 10.3. The molecule has 0 spiro atoms. The SMILES string of the molecule is [2H]C([2H])([2H])c1c[c-]c(-c2ccc(C([2H])([2H])C(C)(C)C)cn2)cc1.[2H]C([2H])([2H])c1cnc(-c2[c-]ccc3c2oc2cc4c(ccc5ccccc54)cc23)cc1-c1ccc(C([2H])([2H])C(C)(C)C(F)(F)F)cc1C([2H])([2H])[2H].[Ir]. The summed E-state index contributed by atoms with van der Waals surface area (Å²) in [5.41, 5.74) is -1.20. The first kappa shape index (κ1) is 30.4. The Labute approximate surface area is 394 Å². The van der Waals surface area contributed by atoms with Crippen molar-refractivity contribution in [2.45, 2.75) is 74.1 Å². The summed E-state index contributed by atoms with van der Waals surface area (Å²) in [5.74, 6) is 0. The Hall–Kier alpha value is -5.62. The van der Waals surface area contributed by atoms with Crippen LogP contribution in [0.5, 0.6) is 0 Å². The van der Waals surface area contributed by atoms with Crippen LogP contribution in [0.3, 0.4) is 0 Å². The standard InChI is InChI=1S/C38H29F3NO.C17H20N.Ir/c1-22-16-24(20-37(3,4)38(39,40)41)12-15-27(22)31-18-34(42-21-23(31)2)30-11-7-10-29-33-17-26-14-13-25-8-5-6-9-28(25)32(26)19-35(33)43-36(29)30;1-13-5-8-15(9-6-13)16-10-7-14(12-18-16)11-17(2,3)4;/h5-10,12-19,21H,20H2,1-4H3;5-8,10,12H,11H2,1-4H3;/q2*-1;/i1D3,2D3,20D2;1D3,11D2;. The maximum atomic E-state index is 14.0. The van der Waals surface area contributed by atoms with Crippen LogP contribution in [-0.4, -0.2) is 16.1 Å². The first-order valence-corrected chi connectivity index (χ1v) is 19.5. The zero-order valence-corrected chi connectivity index (χ0v) is 36.8. The molecule has 3 aromatic heterocycles. The van der Waals surface area contributed by atoms with Gasteiger partial charge in [0.1, 0.15) is 5.58 Å². The van der Waals surface area contributed by atoms with Crippen LogP contribution in [0.1, 0.15) is 80.3 Å². The largest absolute Gasteiger partial charge is 0.501 e. The number of furan rings is 1.